The average Bonchev–Trinajstić information content (AvgIpc) is 3.69. The Kier molecular flexibility index (Phi) is 4.99. The van der Waals surface area contributed by atoms with Crippen LogP contribution in [0.15, 0.2) is 126 Å². The van der Waals surface area contributed by atoms with Crippen molar-refractivity contribution >= 4 is 87.8 Å². The highest BCUT2D eigenvalue weighted by Crippen LogP contribution is 2.44. The molecule has 42 heavy (non-hydrogen) atoms. The smallest absolute Gasteiger partial charge is 0.456 e. The lowest BCUT2D eigenvalue weighted by atomic mass is 9.77. The molecule has 0 aliphatic heterocycles. The predicted octanol–water partition coefficient (Wildman–Crippen LogP) is 8.40. The van der Waals surface area contributed by atoms with Crippen molar-refractivity contribution in [3.63, 3.8) is 0 Å². The molecule has 0 saturated carbocycles. The monoisotopic (exact) mass is 559 g/mol. The van der Waals surface area contributed by atoms with Crippen LogP contribution in [0.4, 0.5) is 0 Å². The molecule has 9 rings (SSSR count). The van der Waals surface area contributed by atoms with Gasteiger partial charge >= 0.3 is 7.12 Å². The summed E-state index contributed by atoms with van der Waals surface area (Å²) in [5.41, 5.74) is 7.40. The Bertz CT molecular complexity index is 2510. The second-order valence-electron chi connectivity index (χ2n) is 10.7. The van der Waals surface area contributed by atoms with Crippen molar-refractivity contribution in [2.75, 3.05) is 0 Å². The first-order valence-corrected chi connectivity index (χ1v) is 14.7. The highest BCUT2D eigenvalue weighted by molar-refractivity contribution is 7.26. The minimum absolute atomic E-state index is 0.442. The minimum Gasteiger partial charge on any atom is -0.456 e. The largest absolute Gasteiger partial charge is 0.489 e. The maximum atomic E-state index is 10.1. The SMILES string of the molecule is OB(O)c1cccc2oc3ccc(-c4ccc5c(c4)c4c6sc7ccccc7c6ccc4n5-c4ccccc4)cc3c12. The number of para-hydroxylation sites is 1. The molecule has 3 heterocycles. The molecule has 198 valence electrons. The lowest BCUT2D eigenvalue weighted by molar-refractivity contribution is 0.426. The highest BCUT2D eigenvalue weighted by atomic mass is 32.1. The van der Waals surface area contributed by atoms with Crippen LogP contribution in [0.3, 0.4) is 0 Å². The van der Waals surface area contributed by atoms with Gasteiger partial charge in [0.15, 0.2) is 0 Å². The number of thiophene rings is 1. The van der Waals surface area contributed by atoms with E-state index in [2.05, 4.69) is 102 Å². The predicted molar refractivity (Wildman–Crippen MR) is 176 cm³/mol. The summed E-state index contributed by atoms with van der Waals surface area (Å²) in [5.74, 6) is 0. The fourth-order valence-electron chi connectivity index (χ4n) is 6.57. The Labute approximate surface area is 244 Å². The lowest BCUT2D eigenvalue weighted by Crippen LogP contribution is -2.30. The van der Waals surface area contributed by atoms with Gasteiger partial charge in [0, 0.05) is 47.4 Å². The van der Waals surface area contributed by atoms with Crippen molar-refractivity contribution in [1.82, 2.24) is 4.57 Å². The van der Waals surface area contributed by atoms with E-state index in [9.17, 15) is 10.0 Å². The van der Waals surface area contributed by atoms with Crippen LogP contribution < -0.4 is 5.46 Å². The van der Waals surface area contributed by atoms with Gasteiger partial charge in [-0.1, -0.05) is 66.7 Å². The molecule has 0 atom stereocenters. The van der Waals surface area contributed by atoms with Crippen LogP contribution >= 0.6 is 11.3 Å². The van der Waals surface area contributed by atoms with Crippen LogP contribution in [0, 0.1) is 0 Å². The fourth-order valence-corrected chi connectivity index (χ4v) is 7.83. The molecule has 0 fully saturated rings. The minimum atomic E-state index is -1.58. The van der Waals surface area contributed by atoms with Gasteiger partial charge in [-0.3, -0.25) is 0 Å². The van der Waals surface area contributed by atoms with Gasteiger partial charge in [-0.2, -0.15) is 0 Å². The first-order valence-electron chi connectivity index (χ1n) is 13.9. The van der Waals surface area contributed by atoms with Crippen molar-refractivity contribution in [1.29, 1.82) is 0 Å². The van der Waals surface area contributed by atoms with Gasteiger partial charge in [-0.25, -0.2) is 0 Å². The zero-order valence-corrected chi connectivity index (χ0v) is 23.1. The van der Waals surface area contributed by atoms with Gasteiger partial charge < -0.3 is 19.0 Å². The van der Waals surface area contributed by atoms with E-state index in [-0.39, 0.29) is 0 Å². The second kappa shape index (κ2) is 8.81. The topological polar surface area (TPSA) is 58.5 Å². The van der Waals surface area contributed by atoms with Crippen LogP contribution in [-0.2, 0) is 0 Å². The van der Waals surface area contributed by atoms with Gasteiger partial charge in [0.1, 0.15) is 11.2 Å². The molecule has 0 bridgehead atoms. The van der Waals surface area contributed by atoms with Gasteiger partial charge in [-0.05, 0) is 71.2 Å². The Morgan fingerprint density at radius 2 is 1.33 bits per heavy atom. The fraction of sp³-hybridized carbons (Fsp3) is 0. The summed E-state index contributed by atoms with van der Waals surface area (Å²) >= 11 is 1.85. The molecule has 0 radical (unpaired) electrons. The Morgan fingerprint density at radius 1 is 0.571 bits per heavy atom. The summed E-state index contributed by atoms with van der Waals surface area (Å²) in [6, 6.07) is 41.9. The van der Waals surface area contributed by atoms with E-state index >= 15 is 0 Å². The summed E-state index contributed by atoms with van der Waals surface area (Å²) < 4.78 is 11.0. The Morgan fingerprint density at radius 3 is 2.19 bits per heavy atom. The average molecular weight is 559 g/mol. The molecule has 0 spiro atoms. The number of nitrogens with zero attached hydrogens (tertiary/aromatic N) is 1. The Hall–Kier alpha value is -4.88. The van der Waals surface area contributed by atoms with E-state index in [4.69, 9.17) is 4.42 Å². The zero-order valence-electron chi connectivity index (χ0n) is 22.3. The molecule has 0 saturated heterocycles. The summed E-state index contributed by atoms with van der Waals surface area (Å²) in [6.07, 6.45) is 0. The van der Waals surface area contributed by atoms with Crippen molar-refractivity contribution in [3.8, 4) is 16.8 Å². The molecule has 2 N–H and O–H groups in total. The molecular formula is C36H22BNO3S. The lowest BCUT2D eigenvalue weighted by Gasteiger charge is -2.08. The summed E-state index contributed by atoms with van der Waals surface area (Å²) in [5, 5.41) is 26.7. The zero-order chi connectivity index (χ0) is 27.9. The van der Waals surface area contributed by atoms with E-state index in [1.54, 1.807) is 12.1 Å². The van der Waals surface area contributed by atoms with E-state index < -0.39 is 7.12 Å². The molecule has 6 aromatic carbocycles. The van der Waals surface area contributed by atoms with Crippen molar-refractivity contribution in [2.45, 2.75) is 0 Å². The van der Waals surface area contributed by atoms with E-state index in [0.29, 0.717) is 11.0 Å². The molecule has 0 aliphatic carbocycles. The molecule has 3 aromatic heterocycles. The maximum Gasteiger partial charge on any atom is 0.489 e. The van der Waals surface area contributed by atoms with Gasteiger partial charge in [-0.15, -0.1) is 11.3 Å². The molecule has 4 nitrogen and oxygen atoms in total. The third kappa shape index (κ3) is 3.31. The normalized spacial score (nSPS) is 12.0. The first-order chi connectivity index (χ1) is 20.7. The summed E-state index contributed by atoms with van der Waals surface area (Å²) in [7, 11) is -1.58. The van der Waals surface area contributed by atoms with E-state index in [0.717, 1.165) is 38.7 Å². The first kappa shape index (κ1) is 23.8. The van der Waals surface area contributed by atoms with Crippen LogP contribution in [0.25, 0.3) is 80.7 Å². The maximum absolute atomic E-state index is 10.1. The number of hydrogen-bond acceptors (Lipinski definition) is 4. The quantitative estimate of drug-likeness (QED) is 0.214. The molecule has 9 aromatic rings. The van der Waals surface area contributed by atoms with Crippen molar-refractivity contribution in [2.24, 2.45) is 0 Å². The number of furan rings is 1. The summed E-state index contributed by atoms with van der Waals surface area (Å²) in [6.45, 7) is 0. The van der Waals surface area contributed by atoms with Gasteiger partial charge in [0.25, 0.3) is 0 Å². The molecule has 0 unspecified atom stereocenters. The summed E-state index contributed by atoms with van der Waals surface area (Å²) in [4.78, 5) is 0. The van der Waals surface area contributed by atoms with Crippen LogP contribution in [0.5, 0.6) is 0 Å². The Balaban J connectivity index is 1.36. The molecule has 0 amide bonds. The van der Waals surface area contributed by atoms with Crippen molar-refractivity contribution < 1.29 is 14.5 Å². The third-order valence-corrected chi connectivity index (χ3v) is 9.63. The third-order valence-electron chi connectivity index (χ3n) is 8.43. The van der Waals surface area contributed by atoms with Crippen LogP contribution in [0.1, 0.15) is 0 Å². The van der Waals surface area contributed by atoms with Crippen LogP contribution in [-0.4, -0.2) is 21.7 Å². The molecule has 6 heteroatoms. The standard InChI is InChI=1S/C36H22BNO3S/c39-37(40)28-10-6-11-32-34(28)27-20-22(14-18-31(27)41-32)21-13-16-29-26(19-21)35-30(38(29)23-7-2-1-3-8-23)17-15-25-24-9-4-5-12-33(24)42-36(25)35/h1-20,39-40H. The number of aromatic nitrogens is 1. The number of hydrogen-bond donors (Lipinski definition) is 2. The molecular weight excluding hydrogens is 537 g/mol. The van der Waals surface area contributed by atoms with Crippen molar-refractivity contribution in [3.05, 3.63) is 121 Å². The van der Waals surface area contributed by atoms with E-state index in [1.807, 2.05) is 23.5 Å². The molecule has 0 aliphatic rings. The number of rotatable bonds is 3. The van der Waals surface area contributed by atoms with Gasteiger partial charge in [0.05, 0.1) is 11.0 Å². The number of benzene rings is 6. The van der Waals surface area contributed by atoms with Gasteiger partial charge in [0.2, 0.25) is 0 Å². The number of fused-ring (bicyclic) bond motifs is 10. The highest BCUT2D eigenvalue weighted by Gasteiger charge is 2.21. The van der Waals surface area contributed by atoms with E-state index in [1.165, 1.54) is 36.5 Å². The second-order valence-corrected chi connectivity index (χ2v) is 11.8. The van der Waals surface area contributed by atoms with Crippen LogP contribution in [0.2, 0.25) is 0 Å².